The van der Waals surface area contributed by atoms with Gasteiger partial charge < -0.3 is 15.0 Å². The van der Waals surface area contributed by atoms with E-state index < -0.39 is 6.10 Å². The maximum absolute atomic E-state index is 11.7. The van der Waals surface area contributed by atoms with Gasteiger partial charge in [0.2, 0.25) is 0 Å². The van der Waals surface area contributed by atoms with Crippen molar-refractivity contribution in [2.45, 2.75) is 6.10 Å². The Kier molecular flexibility index (Phi) is 4.73. The van der Waals surface area contributed by atoms with Crippen LogP contribution in [-0.2, 0) is 9.53 Å². The van der Waals surface area contributed by atoms with E-state index >= 15 is 0 Å². The highest BCUT2D eigenvalue weighted by Crippen LogP contribution is 2.26. The first kappa shape index (κ1) is 15.7. The summed E-state index contributed by atoms with van der Waals surface area (Å²) in [4.78, 5) is 13.7. The molecule has 1 aromatic carbocycles. The Bertz CT molecular complexity index is 693. The number of carbonyl (C=O) groups excluding carboxylic acids is 1. The average Bonchev–Trinajstić information content (AvgIpc) is 2.62. The second kappa shape index (κ2) is 6.93. The van der Waals surface area contributed by atoms with Crippen LogP contribution in [0, 0.1) is 0 Å². The molecule has 1 atom stereocenters. The quantitative estimate of drug-likeness (QED) is 0.927. The molecule has 2 aromatic rings. The molecule has 0 aliphatic carbocycles. The fourth-order valence-corrected chi connectivity index (χ4v) is 2.72. The van der Waals surface area contributed by atoms with Crippen LogP contribution in [-0.4, -0.2) is 49.0 Å². The number of halogens is 1. The molecule has 120 valence electrons. The SMILES string of the molecule is CNC(=O)C1CN(c2ccc(-c3ccccc3Cl)nn2)CCO1. The first-order chi connectivity index (χ1) is 11.2. The number of rotatable bonds is 3. The molecule has 7 heteroatoms. The van der Waals surface area contributed by atoms with Gasteiger partial charge in [-0.15, -0.1) is 10.2 Å². The predicted molar refractivity (Wildman–Crippen MR) is 88.5 cm³/mol. The summed E-state index contributed by atoms with van der Waals surface area (Å²) in [6.07, 6.45) is -0.487. The summed E-state index contributed by atoms with van der Waals surface area (Å²) < 4.78 is 5.47. The molecule has 1 amide bonds. The summed E-state index contributed by atoms with van der Waals surface area (Å²) in [6, 6.07) is 11.3. The van der Waals surface area contributed by atoms with Gasteiger partial charge in [0.05, 0.1) is 23.9 Å². The fourth-order valence-electron chi connectivity index (χ4n) is 2.48. The number of hydrogen-bond acceptors (Lipinski definition) is 5. The number of morpholine rings is 1. The zero-order valence-electron chi connectivity index (χ0n) is 12.7. The first-order valence-corrected chi connectivity index (χ1v) is 7.73. The zero-order valence-corrected chi connectivity index (χ0v) is 13.5. The van der Waals surface area contributed by atoms with Crippen LogP contribution in [0.15, 0.2) is 36.4 Å². The summed E-state index contributed by atoms with van der Waals surface area (Å²) >= 11 is 6.18. The van der Waals surface area contributed by atoms with Gasteiger partial charge in [0, 0.05) is 19.2 Å². The lowest BCUT2D eigenvalue weighted by Crippen LogP contribution is -2.49. The number of benzene rings is 1. The maximum atomic E-state index is 11.7. The van der Waals surface area contributed by atoms with Crippen molar-refractivity contribution >= 4 is 23.3 Å². The maximum Gasteiger partial charge on any atom is 0.250 e. The van der Waals surface area contributed by atoms with Gasteiger partial charge in [-0.25, -0.2) is 0 Å². The van der Waals surface area contributed by atoms with Crippen molar-refractivity contribution in [2.75, 3.05) is 31.6 Å². The van der Waals surface area contributed by atoms with Gasteiger partial charge in [-0.2, -0.15) is 0 Å². The molecule has 2 heterocycles. The highest BCUT2D eigenvalue weighted by atomic mass is 35.5. The Morgan fingerprint density at radius 3 is 2.83 bits per heavy atom. The topological polar surface area (TPSA) is 67.4 Å². The van der Waals surface area contributed by atoms with Gasteiger partial charge in [0.25, 0.3) is 5.91 Å². The summed E-state index contributed by atoms with van der Waals surface area (Å²) in [7, 11) is 1.60. The summed E-state index contributed by atoms with van der Waals surface area (Å²) in [5.74, 6) is 0.591. The molecule has 1 unspecified atom stereocenters. The summed E-state index contributed by atoms with van der Waals surface area (Å²) in [5.41, 5.74) is 1.56. The van der Waals surface area contributed by atoms with Crippen LogP contribution >= 0.6 is 11.6 Å². The molecule has 3 rings (SSSR count). The highest BCUT2D eigenvalue weighted by Gasteiger charge is 2.26. The van der Waals surface area contributed by atoms with Crippen LogP contribution in [0.25, 0.3) is 11.3 Å². The van der Waals surface area contributed by atoms with E-state index in [4.69, 9.17) is 16.3 Å². The molecule has 1 N–H and O–H groups in total. The number of likely N-dealkylation sites (N-methyl/N-ethyl adjacent to an activating group) is 1. The molecular formula is C16H17ClN4O2. The molecule has 0 radical (unpaired) electrons. The predicted octanol–water partition coefficient (Wildman–Crippen LogP) is 1.75. The van der Waals surface area contributed by atoms with Crippen LogP contribution < -0.4 is 10.2 Å². The second-order valence-corrected chi connectivity index (χ2v) is 5.58. The highest BCUT2D eigenvalue weighted by molar-refractivity contribution is 6.33. The Labute approximate surface area is 139 Å². The molecule has 0 bridgehead atoms. The van der Waals surface area contributed by atoms with Crippen LogP contribution in [0.5, 0.6) is 0 Å². The number of hydrogen-bond donors (Lipinski definition) is 1. The van der Waals surface area contributed by atoms with Gasteiger partial charge >= 0.3 is 0 Å². The van der Waals surface area contributed by atoms with E-state index in [1.807, 2.05) is 41.3 Å². The average molecular weight is 333 g/mol. The number of amides is 1. The van der Waals surface area contributed by atoms with E-state index in [2.05, 4.69) is 15.5 Å². The molecule has 23 heavy (non-hydrogen) atoms. The van der Waals surface area contributed by atoms with Crippen molar-refractivity contribution in [1.82, 2.24) is 15.5 Å². The normalized spacial score (nSPS) is 17.8. The van der Waals surface area contributed by atoms with Gasteiger partial charge in [-0.3, -0.25) is 4.79 Å². The Hall–Kier alpha value is -2.18. The van der Waals surface area contributed by atoms with Crippen molar-refractivity contribution in [1.29, 1.82) is 0 Å². The van der Waals surface area contributed by atoms with Crippen molar-refractivity contribution < 1.29 is 9.53 Å². The molecular weight excluding hydrogens is 316 g/mol. The second-order valence-electron chi connectivity index (χ2n) is 5.18. The van der Waals surface area contributed by atoms with E-state index in [0.29, 0.717) is 24.7 Å². The van der Waals surface area contributed by atoms with E-state index in [9.17, 15) is 4.79 Å². The Morgan fingerprint density at radius 2 is 2.13 bits per heavy atom. The number of aromatic nitrogens is 2. The van der Waals surface area contributed by atoms with Crippen molar-refractivity contribution in [3.8, 4) is 11.3 Å². The van der Waals surface area contributed by atoms with E-state index in [-0.39, 0.29) is 5.91 Å². The molecule has 1 aliphatic rings. The Balaban J connectivity index is 1.77. The lowest BCUT2D eigenvalue weighted by atomic mass is 10.1. The van der Waals surface area contributed by atoms with Gasteiger partial charge in [0.1, 0.15) is 0 Å². The lowest BCUT2D eigenvalue weighted by Gasteiger charge is -2.32. The van der Waals surface area contributed by atoms with Gasteiger partial charge in [-0.05, 0) is 18.2 Å². The molecule has 1 fully saturated rings. The molecule has 1 saturated heterocycles. The number of nitrogens with zero attached hydrogens (tertiary/aromatic N) is 3. The molecule has 1 aliphatic heterocycles. The van der Waals surface area contributed by atoms with E-state index in [1.165, 1.54) is 0 Å². The first-order valence-electron chi connectivity index (χ1n) is 7.36. The van der Waals surface area contributed by atoms with Gasteiger partial charge in [0.15, 0.2) is 11.9 Å². The van der Waals surface area contributed by atoms with Gasteiger partial charge in [-0.1, -0.05) is 29.8 Å². The standard InChI is InChI=1S/C16H17ClN4O2/c1-18-16(22)14-10-21(8-9-23-14)15-7-6-13(19-20-15)11-4-2-3-5-12(11)17/h2-7,14H,8-10H2,1H3,(H,18,22). The largest absolute Gasteiger partial charge is 0.365 e. The molecule has 0 spiro atoms. The third-order valence-corrected chi connectivity index (χ3v) is 4.06. The number of anilines is 1. The fraction of sp³-hybridized carbons (Fsp3) is 0.312. The molecule has 6 nitrogen and oxygen atoms in total. The van der Waals surface area contributed by atoms with Crippen LogP contribution in [0.3, 0.4) is 0 Å². The molecule has 0 saturated carbocycles. The van der Waals surface area contributed by atoms with Crippen LogP contribution in [0.4, 0.5) is 5.82 Å². The van der Waals surface area contributed by atoms with Crippen LogP contribution in [0.1, 0.15) is 0 Å². The molecule has 1 aromatic heterocycles. The van der Waals surface area contributed by atoms with E-state index in [0.717, 1.165) is 17.1 Å². The monoisotopic (exact) mass is 332 g/mol. The zero-order chi connectivity index (χ0) is 16.2. The smallest absolute Gasteiger partial charge is 0.250 e. The van der Waals surface area contributed by atoms with E-state index in [1.54, 1.807) is 7.05 Å². The summed E-state index contributed by atoms with van der Waals surface area (Å²) in [6.45, 7) is 1.61. The van der Waals surface area contributed by atoms with Crippen molar-refractivity contribution in [2.24, 2.45) is 0 Å². The Morgan fingerprint density at radius 1 is 1.30 bits per heavy atom. The number of carbonyl (C=O) groups is 1. The summed E-state index contributed by atoms with van der Waals surface area (Å²) in [5, 5.41) is 11.8. The minimum atomic E-state index is -0.487. The third-order valence-electron chi connectivity index (χ3n) is 3.73. The minimum Gasteiger partial charge on any atom is -0.365 e. The number of ether oxygens (including phenoxy) is 1. The van der Waals surface area contributed by atoms with Crippen molar-refractivity contribution in [3.63, 3.8) is 0 Å². The third kappa shape index (κ3) is 3.43. The minimum absolute atomic E-state index is 0.129. The van der Waals surface area contributed by atoms with Crippen LogP contribution in [0.2, 0.25) is 5.02 Å². The number of nitrogens with one attached hydrogen (secondary N) is 1. The van der Waals surface area contributed by atoms with Crippen molar-refractivity contribution in [3.05, 3.63) is 41.4 Å². The lowest BCUT2D eigenvalue weighted by molar-refractivity contribution is -0.132.